The van der Waals surface area contributed by atoms with E-state index in [-0.39, 0.29) is 18.0 Å². The first-order chi connectivity index (χ1) is 11.1. The van der Waals surface area contributed by atoms with Gasteiger partial charge in [0.25, 0.3) is 0 Å². The molecule has 120 valence electrons. The van der Waals surface area contributed by atoms with E-state index in [4.69, 9.17) is 5.11 Å². The van der Waals surface area contributed by atoms with E-state index >= 15 is 0 Å². The van der Waals surface area contributed by atoms with E-state index in [2.05, 4.69) is 15.6 Å². The maximum atomic E-state index is 12.2. The Balaban J connectivity index is 1.60. The summed E-state index contributed by atoms with van der Waals surface area (Å²) in [5.41, 5.74) is 1.42. The van der Waals surface area contributed by atoms with Gasteiger partial charge in [0.2, 0.25) is 0 Å². The fourth-order valence-electron chi connectivity index (χ4n) is 3.03. The van der Waals surface area contributed by atoms with E-state index < -0.39 is 5.97 Å². The highest BCUT2D eigenvalue weighted by molar-refractivity contribution is 5.99. The zero-order valence-corrected chi connectivity index (χ0v) is 12.7. The van der Waals surface area contributed by atoms with E-state index in [0.29, 0.717) is 31.4 Å². The second-order valence-electron chi connectivity index (χ2n) is 5.87. The largest absolute Gasteiger partial charge is 0.481 e. The lowest BCUT2D eigenvalue weighted by Crippen LogP contribution is -2.41. The molecule has 1 aromatic heterocycles. The third-order valence-electron chi connectivity index (χ3n) is 4.29. The van der Waals surface area contributed by atoms with Crippen LogP contribution in [0.15, 0.2) is 36.5 Å². The third-order valence-corrected chi connectivity index (χ3v) is 4.29. The highest BCUT2D eigenvalue weighted by Gasteiger charge is 2.26. The molecular weight excluding hydrogens is 294 g/mol. The van der Waals surface area contributed by atoms with Crippen LogP contribution in [0.5, 0.6) is 0 Å². The van der Waals surface area contributed by atoms with Crippen LogP contribution in [0.25, 0.3) is 10.9 Å². The topological polar surface area (TPSA) is 91.3 Å². The maximum Gasteiger partial charge on any atom is 0.319 e. The van der Waals surface area contributed by atoms with Crippen molar-refractivity contribution in [3.8, 4) is 0 Å². The number of carbonyl (C=O) groups is 2. The van der Waals surface area contributed by atoms with Gasteiger partial charge in [-0.2, -0.15) is 0 Å². The molecule has 6 heteroatoms. The van der Waals surface area contributed by atoms with Crippen LogP contribution in [0.1, 0.15) is 25.7 Å². The fraction of sp³-hybridized carbons (Fsp3) is 0.353. The number of aliphatic carboxylic acids is 1. The molecule has 0 aliphatic heterocycles. The van der Waals surface area contributed by atoms with Gasteiger partial charge in [-0.05, 0) is 37.8 Å². The Labute approximate surface area is 133 Å². The summed E-state index contributed by atoms with van der Waals surface area (Å²) in [6.07, 6.45) is 4.29. The molecule has 3 rings (SSSR count). The number of urea groups is 1. The van der Waals surface area contributed by atoms with E-state index in [1.165, 1.54) is 0 Å². The van der Waals surface area contributed by atoms with Crippen molar-refractivity contribution in [1.29, 1.82) is 0 Å². The molecule has 1 aliphatic carbocycles. The van der Waals surface area contributed by atoms with Gasteiger partial charge >= 0.3 is 12.0 Å². The summed E-state index contributed by atoms with van der Waals surface area (Å²) in [4.78, 5) is 27.4. The van der Waals surface area contributed by atoms with Crippen molar-refractivity contribution in [2.45, 2.75) is 31.7 Å². The first-order valence-electron chi connectivity index (χ1n) is 7.77. The smallest absolute Gasteiger partial charge is 0.319 e. The standard InChI is InChI=1S/C17H19N3O3/c21-16(22)12-6-8-13(9-7-12)19-17(23)20-14-5-1-3-11-4-2-10-18-15(11)14/h1-5,10,12-13H,6-9H2,(H,21,22)(H2,19,20,23). The molecule has 0 spiro atoms. The normalized spacial score (nSPS) is 20.9. The predicted octanol–water partition coefficient (Wildman–Crippen LogP) is 3.00. The van der Waals surface area contributed by atoms with Crippen LogP contribution in [0.2, 0.25) is 0 Å². The first-order valence-corrected chi connectivity index (χ1v) is 7.77. The molecule has 1 heterocycles. The summed E-state index contributed by atoms with van der Waals surface area (Å²) >= 11 is 0. The zero-order chi connectivity index (χ0) is 16.2. The number of hydrogen-bond donors (Lipinski definition) is 3. The van der Waals surface area contributed by atoms with Gasteiger partial charge in [-0.15, -0.1) is 0 Å². The Morgan fingerprint density at radius 3 is 2.57 bits per heavy atom. The van der Waals surface area contributed by atoms with Crippen LogP contribution in [-0.2, 0) is 4.79 Å². The molecule has 1 aliphatic rings. The summed E-state index contributed by atoms with van der Waals surface area (Å²) in [7, 11) is 0. The van der Waals surface area contributed by atoms with Crippen molar-refractivity contribution in [1.82, 2.24) is 10.3 Å². The molecule has 0 bridgehead atoms. The van der Waals surface area contributed by atoms with Gasteiger partial charge in [0.15, 0.2) is 0 Å². The van der Waals surface area contributed by atoms with Crippen LogP contribution in [0.3, 0.4) is 0 Å². The maximum absolute atomic E-state index is 12.2. The van der Waals surface area contributed by atoms with Crippen molar-refractivity contribution < 1.29 is 14.7 Å². The summed E-state index contributed by atoms with van der Waals surface area (Å²) in [5.74, 6) is -1.02. The number of amides is 2. The van der Waals surface area contributed by atoms with E-state index in [0.717, 1.165) is 10.9 Å². The van der Waals surface area contributed by atoms with Crippen molar-refractivity contribution in [2.24, 2.45) is 5.92 Å². The molecule has 1 fully saturated rings. The molecule has 23 heavy (non-hydrogen) atoms. The minimum Gasteiger partial charge on any atom is -0.481 e. The molecule has 2 amide bonds. The average Bonchev–Trinajstić information content (AvgIpc) is 2.55. The van der Waals surface area contributed by atoms with Gasteiger partial charge in [0.1, 0.15) is 0 Å². The zero-order valence-electron chi connectivity index (χ0n) is 12.7. The quantitative estimate of drug-likeness (QED) is 0.812. The van der Waals surface area contributed by atoms with Gasteiger partial charge in [-0.25, -0.2) is 4.79 Å². The number of carbonyl (C=O) groups excluding carboxylic acids is 1. The predicted molar refractivity (Wildman–Crippen MR) is 87.3 cm³/mol. The molecule has 3 N–H and O–H groups in total. The number of rotatable bonds is 3. The lowest BCUT2D eigenvalue weighted by Gasteiger charge is -2.26. The molecule has 2 aromatic rings. The lowest BCUT2D eigenvalue weighted by molar-refractivity contribution is -0.142. The van der Waals surface area contributed by atoms with E-state index in [9.17, 15) is 9.59 Å². The van der Waals surface area contributed by atoms with Gasteiger partial charge in [0, 0.05) is 17.6 Å². The number of benzene rings is 1. The summed E-state index contributed by atoms with van der Waals surface area (Å²) in [6, 6.07) is 9.17. The number of aromatic nitrogens is 1. The molecule has 0 unspecified atom stereocenters. The van der Waals surface area contributed by atoms with E-state index in [1.807, 2.05) is 30.3 Å². The van der Waals surface area contributed by atoms with Gasteiger partial charge in [-0.1, -0.05) is 18.2 Å². The Kier molecular flexibility index (Phi) is 4.41. The van der Waals surface area contributed by atoms with Crippen molar-refractivity contribution >= 4 is 28.6 Å². The minimum absolute atomic E-state index is 0.0218. The van der Waals surface area contributed by atoms with Crippen molar-refractivity contribution in [3.05, 3.63) is 36.5 Å². The van der Waals surface area contributed by atoms with E-state index in [1.54, 1.807) is 6.20 Å². The lowest BCUT2D eigenvalue weighted by atomic mass is 9.86. The molecule has 1 saturated carbocycles. The second-order valence-corrected chi connectivity index (χ2v) is 5.87. The Morgan fingerprint density at radius 2 is 1.83 bits per heavy atom. The summed E-state index contributed by atoms with van der Waals surface area (Å²) < 4.78 is 0. The number of pyridine rings is 1. The number of carboxylic acid groups (broad SMARTS) is 1. The van der Waals surface area contributed by atoms with Crippen molar-refractivity contribution in [2.75, 3.05) is 5.32 Å². The fourth-order valence-corrected chi connectivity index (χ4v) is 3.03. The Hall–Kier alpha value is -2.63. The number of nitrogens with one attached hydrogen (secondary N) is 2. The number of para-hydroxylation sites is 1. The monoisotopic (exact) mass is 313 g/mol. The van der Waals surface area contributed by atoms with Crippen molar-refractivity contribution in [3.63, 3.8) is 0 Å². The Bertz CT molecular complexity index is 719. The number of anilines is 1. The molecular formula is C17H19N3O3. The Morgan fingerprint density at radius 1 is 1.09 bits per heavy atom. The second kappa shape index (κ2) is 6.64. The van der Waals surface area contributed by atoms with Gasteiger partial charge in [-0.3, -0.25) is 9.78 Å². The number of carboxylic acids is 1. The molecule has 0 saturated heterocycles. The number of fused-ring (bicyclic) bond motifs is 1. The SMILES string of the molecule is O=C(Nc1cccc2cccnc12)NC1CCC(C(=O)O)CC1. The molecule has 0 radical (unpaired) electrons. The van der Waals surface area contributed by atoms with Crippen LogP contribution >= 0.6 is 0 Å². The van der Waals surface area contributed by atoms with Crippen LogP contribution in [0, 0.1) is 5.92 Å². The summed E-state index contributed by atoms with van der Waals surface area (Å²) in [6.45, 7) is 0. The minimum atomic E-state index is -0.741. The molecule has 1 aromatic carbocycles. The first kappa shape index (κ1) is 15.3. The summed E-state index contributed by atoms with van der Waals surface area (Å²) in [5, 5.41) is 15.7. The highest BCUT2D eigenvalue weighted by atomic mass is 16.4. The van der Waals surface area contributed by atoms with Gasteiger partial charge in [0.05, 0.1) is 17.1 Å². The van der Waals surface area contributed by atoms with Crippen LogP contribution in [0.4, 0.5) is 10.5 Å². The third kappa shape index (κ3) is 3.59. The highest BCUT2D eigenvalue weighted by Crippen LogP contribution is 2.25. The van der Waals surface area contributed by atoms with Crippen LogP contribution < -0.4 is 10.6 Å². The number of hydrogen-bond acceptors (Lipinski definition) is 3. The van der Waals surface area contributed by atoms with Crippen LogP contribution in [-0.4, -0.2) is 28.1 Å². The average molecular weight is 313 g/mol. The molecule has 6 nitrogen and oxygen atoms in total. The molecule has 0 atom stereocenters. The number of nitrogens with zero attached hydrogens (tertiary/aromatic N) is 1. The van der Waals surface area contributed by atoms with Gasteiger partial charge < -0.3 is 15.7 Å².